The van der Waals surface area contributed by atoms with Gasteiger partial charge in [-0.1, -0.05) is 0 Å². The molecule has 0 unspecified atom stereocenters. The quantitative estimate of drug-likeness (QED) is 0.472. The van der Waals surface area contributed by atoms with E-state index in [0.717, 1.165) is 0 Å². The minimum Gasteiger partial charge on any atom is -0.465 e. The smallest absolute Gasteiger partial charge is 0.407 e. The van der Waals surface area contributed by atoms with Crippen molar-refractivity contribution in [3.05, 3.63) is 0 Å². The van der Waals surface area contributed by atoms with Crippen LogP contribution in [0, 0.1) is 0 Å². The van der Waals surface area contributed by atoms with Gasteiger partial charge in [-0.25, -0.2) is 20.1 Å². The summed E-state index contributed by atoms with van der Waals surface area (Å²) in [5, 5.41) is 19.1. The van der Waals surface area contributed by atoms with Crippen molar-refractivity contribution in [3.8, 4) is 0 Å². The van der Waals surface area contributed by atoms with Gasteiger partial charge in [-0.05, 0) is 19.3 Å². The summed E-state index contributed by atoms with van der Waals surface area (Å²) in [6.07, 6.45) is 0.687. The van der Waals surface area contributed by atoms with Gasteiger partial charge in [-0.15, -0.1) is 0 Å². The monoisotopic (exact) mass is 314 g/mol. The molecule has 10 nitrogen and oxygen atoms in total. The van der Waals surface area contributed by atoms with Crippen molar-refractivity contribution in [2.45, 2.75) is 37.4 Å². The molecule has 0 aliphatic carbocycles. The Balaban J connectivity index is 1.47. The third kappa shape index (κ3) is 2.44. The molecule has 0 saturated carbocycles. The molecule has 3 heterocycles. The van der Waals surface area contributed by atoms with Gasteiger partial charge in [0.25, 0.3) is 5.91 Å². The van der Waals surface area contributed by atoms with Gasteiger partial charge in [0.15, 0.2) is 0 Å². The number of hydrogen-bond acceptors (Lipinski definition) is 5. The predicted molar refractivity (Wildman–Crippen MR) is 69.8 cm³/mol. The fraction of sp³-hybridized carbons (Fsp3) is 0.750. The number of carbonyl (C=O) groups is 3. The Bertz CT molecular complexity index is 500. The molecule has 3 saturated heterocycles. The van der Waals surface area contributed by atoms with E-state index < -0.39 is 24.1 Å². The van der Waals surface area contributed by atoms with Gasteiger partial charge in [-0.2, -0.15) is 0 Å². The van der Waals surface area contributed by atoms with Crippen molar-refractivity contribution >= 4 is 18.0 Å². The van der Waals surface area contributed by atoms with Gasteiger partial charge >= 0.3 is 12.1 Å². The van der Waals surface area contributed by atoms with Crippen molar-refractivity contribution < 1.29 is 29.5 Å². The van der Waals surface area contributed by atoms with Crippen LogP contribution in [0.15, 0.2) is 0 Å². The summed E-state index contributed by atoms with van der Waals surface area (Å²) >= 11 is 0. The standard InChI is InChI=1S/C12H18N4O6/c17-10(13-22-6-8-3-4-14(8)12(19)20)9-2-1-7-5-15(9)11(18)16(7)21/h7-9,21H,1-6H2,(H,13,17)(H,19,20)/t7-,8+,9+/m1/s1. The summed E-state index contributed by atoms with van der Waals surface area (Å²) in [4.78, 5) is 42.3. The number of amides is 4. The number of rotatable bonds is 4. The summed E-state index contributed by atoms with van der Waals surface area (Å²) in [6.45, 7) is 0.867. The Labute approximate surface area is 126 Å². The maximum absolute atomic E-state index is 12.1. The zero-order valence-electron chi connectivity index (χ0n) is 11.8. The number of likely N-dealkylation sites (tertiary alicyclic amines) is 1. The number of nitrogens with zero attached hydrogens (tertiary/aromatic N) is 3. The Morgan fingerprint density at radius 1 is 1.32 bits per heavy atom. The average molecular weight is 314 g/mol. The molecule has 10 heteroatoms. The Morgan fingerprint density at radius 2 is 2.09 bits per heavy atom. The number of hydroxylamine groups is 3. The average Bonchev–Trinajstić information content (AvgIpc) is 2.66. The van der Waals surface area contributed by atoms with Gasteiger partial charge in [0.1, 0.15) is 6.04 Å². The number of nitrogens with one attached hydrogen (secondary N) is 1. The van der Waals surface area contributed by atoms with Crippen LogP contribution in [0.3, 0.4) is 0 Å². The number of piperidine rings is 1. The van der Waals surface area contributed by atoms with E-state index in [0.29, 0.717) is 37.4 Å². The molecule has 0 aromatic heterocycles. The normalized spacial score (nSPS) is 30.3. The fourth-order valence-electron chi connectivity index (χ4n) is 3.07. The first kappa shape index (κ1) is 14.9. The van der Waals surface area contributed by atoms with Crippen LogP contribution in [-0.4, -0.2) is 81.0 Å². The SMILES string of the molecule is O=C(NOC[C@@H]1CCN1C(=O)O)[C@@H]1CC[C@@H]2CN1C(=O)N2O. The largest absolute Gasteiger partial charge is 0.465 e. The molecule has 4 amide bonds. The molecule has 3 aliphatic heterocycles. The zero-order valence-corrected chi connectivity index (χ0v) is 11.8. The van der Waals surface area contributed by atoms with Crippen LogP contribution in [0.25, 0.3) is 0 Å². The third-order valence-corrected chi connectivity index (χ3v) is 4.49. The minimum absolute atomic E-state index is 0.0768. The van der Waals surface area contributed by atoms with E-state index in [1.165, 1.54) is 9.80 Å². The van der Waals surface area contributed by atoms with Crippen LogP contribution in [0.4, 0.5) is 9.59 Å². The Kier molecular flexibility index (Phi) is 3.79. The number of carbonyl (C=O) groups excluding carboxylic acids is 2. The highest BCUT2D eigenvalue weighted by atomic mass is 16.7. The molecule has 22 heavy (non-hydrogen) atoms. The molecule has 0 radical (unpaired) electrons. The molecule has 3 fully saturated rings. The molecule has 3 N–H and O–H groups in total. The van der Waals surface area contributed by atoms with Crippen LogP contribution < -0.4 is 5.48 Å². The van der Waals surface area contributed by atoms with Crippen LogP contribution in [0.1, 0.15) is 19.3 Å². The molecule has 3 rings (SSSR count). The van der Waals surface area contributed by atoms with E-state index in [4.69, 9.17) is 9.94 Å². The predicted octanol–water partition coefficient (Wildman–Crippen LogP) is -0.556. The topological polar surface area (TPSA) is 123 Å². The minimum atomic E-state index is -1.00. The van der Waals surface area contributed by atoms with E-state index in [1.54, 1.807) is 0 Å². The lowest BCUT2D eigenvalue weighted by molar-refractivity contribution is -0.141. The summed E-state index contributed by atoms with van der Waals surface area (Å²) < 4.78 is 0. The second-order valence-electron chi connectivity index (χ2n) is 5.72. The first-order valence-corrected chi connectivity index (χ1v) is 7.19. The zero-order chi connectivity index (χ0) is 15.9. The van der Waals surface area contributed by atoms with Crippen LogP contribution in [0.2, 0.25) is 0 Å². The Hall–Kier alpha value is -2.07. The van der Waals surface area contributed by atoms with E-state index in [1.807, 2.05) is 0 Å². The van der Waals surface area contributed by atoms with Crippen LogP contribution in [0.5, 0.6) is 0 Å². The van der Waals surface area contributed by atoms with Crippen molar-refractivity contribution in [2.24, 2.45) is 0 Å². The first-order chi connectivity index (χ1) is 10.5. The molecule has 0 aromatic carbocycles. The molecule has 0 aromatic rings. The second-order valence-corrected chi connectivity index (χ2v) is 5.72. The van der Waals surface area contributed by atoms with Gasteiger partial charge in [0.05, 0.1) is 18.7 Å². The van der Waals surface area contributed by atoms with Gasteiger partial charge in [-0.3, -0.25) is 14.8 Å². The lowest BCUT2D eigenvalue weighted by atomic mass is 10.0. The highest BCUT2D eigenvalue weighted by molar-refractivity contribution is 5.87. The van der Waals surface area contributed by atoms with Gasteiger partial charge < -0.3 is 14.9 Å². The maximum Gasteiger partial charge on any atom is 0.407 e. The van der Waals surface area contributed by atoms with Crippen molar-refractivity contribution in [1.82, 2.24) is 20.3 Å². The van der Waals surface area contributed by atoms with E-state index in [2.05, 4.69) is 5.48 Å². The van der Waals surface area contributed by atoms with E-state index in [9.17, 15) is 19.6 Å². The molecule has 2 bridgehead atoms. The van der Waals surface area contributed by atoms with E-state index in [-0.39, 0.29) is 18.7 Å². The number of urea groups is 1. The molecule has 122 valence electrons. The van der Waals surface area contributed by atoms with Crippen LogP contribution in [-0.2, 0) is 9.63 Å². The highest BCUT2D eigenvalue weighted by Gasteiger charge is 2.46. The number of hydrogen-bond donors (Lipinski definition) is 3. The number of carboxylic acid groups (broad SMARTS) is 1. The highest BCUT2D eigenvalue weighted by Crippen LogP contribution is 2.28. The first-order valence-electron chi connectivity index (χ1n) is 7.19. The van der Waals surface area contributed by atoms with Gasteiger partial charge in [0, 0.05) is 13.1 Å². The van der Waals surface area contributed by atoms with Crippen molar-refractivity contribution in [1.29, 1.82) is 0 Å². The summed E-state index contributed by atoms with van der Waals surface area (Å²) in [7, 11) is 0. The molecular formula is C12H18N4O6. The van der Waals surface area contributed by atoms with Crippen LogP contribution >= 0.6 is 0 Å². The molecule has 3 atom stereocenters. The van der Waals surface area contributed by atoms with Gasteiger partial charge in [0.2, 0.25) is 0 Å². The lowest BCUT2D eigenvalue weighted by Crippen LogP contribution is -2.54. The fourth-order valence-corrected chi connectivity index (χ4v) is 3.07. The summed E-state index contributed by atoms with van der Waals surface area (Å²) in [5.41, 5.74) is 2.28. The molecule has 3 aliphatic rings. The number of fused-ring (bicyclic) bond motifs is 2. The summed E-state index contributed by atoms with van der Waals surface area (Å²) in [6, 6.07) is -1.75. The maximum atomic E-state index is 12.1. The lowest BCUT2D eigenvalue weighted by Gasteiger charge is -2.38. The molecular weight excluding hydrogens is 296 g/mol. The van der Waals surface area contributed by atoms with Crippen molar-refractivity contribution in [3.63, 3.8) is 0 Å². The van der Waals surface area contributed by atoms with E-state index >= 15 is 0 Å². The Morgan fingerprint density at radius 3 is 2.73 bits per heavy atom. The molecule has 0 spiro atoms. The summed E-state index contributed by atoms with van der Waals surface area (Å²) in [5.74, 6) is -0.455. The third-order valence-electron chi connectivity index (χ3n) is 4.49. The second kappa shape index (κ2) is 5.61. The van der Waals surface area contributed by atoms with Crippen molar-refractivity contribution in [2.75, 3.05) is 19.7 Å².